The average molecular weight is 779 g/mol. The summed E-state index contributed by atoms with van der Waals surface area (Å²) in [4.78, 5) is 35.7. The smallest absolute Gasteiger partial charge is 0.322 e. The van der Waals surface area contributed by atoms with Crippen molar-refractivity contribution in [1.82, 2.24) is 19.5 Å². The number of aryl methyl sites for hydroxylation is 3. The maximum atomic E-state index is 12.6. The molecule has 0 spiro atoms. The van der Waals surface area contributed by atoms with E-state index in [2.05, 4.69) is 70.7 Å². The summed E-state index contributed by atoms with van der Waals surface area (Å²) < 4.78 is 9.39. The van der Waals surface area contributed by atoms with Crippen LogP contribution in [0.25, 0.3) is 22.6 Å². The Bertz CT molecular complexity index is 1720. The van der Waals surface area contributed by atoms with Gasteiger partial charge in [0.05, 0.1) is 32.2 Å². The number of nitrogens with one attached hydrogen (secondary N) is 1. The summed E-state index contributed by atoms with van der Waals surface area (Å²) in [6, 6.07) is 4.10. The second kappa shape index (κ2) is 19.7. The normalized spacial score (nSPS) is 15.1. The molecule has 1 aromatic carbocycles. The number of hydrogen-bond acceptors (Lipinski definition) is 11. The monoisotopic (exact) mass is 778 g/mol. The molecule has 1 aromatic rings. The SMILES string of the molecule is CCCCCCSC1=C(SCCCCCC)SC(=C2SC=C(SCCCCCn3c4nc(=O)[nH]c(=O)c-4nc4cc(C)c(C)cc43)S2)S1. The molecule has 0 unspecified atom stereocenters. The van der Waals surface area contributed by atoms with Gasteiger partial charge in [0.15, 0.2) is 11.5 Å². The molecule has 4 aliphatic rings. The molecule has 0 radical (unpaired) electrons. The van der Waals surface area contributed by atoms with E-state index in [-0.39, 0.29) is 5.69 Å². The van der Waals surface area contributed by atoms with Gasteiger partial charge in [0.25, 0.3) is 5.56 Å². The molecule has 0 amide bonds. The second-order valence-electron chi connectivity index (χ2n) is 12.0. The Morgan fingerprint density at radius 1 is 0.729 bits per heavy atom. The van der Waals surface area contributed by atoms with E-state index >= 15 is 0 Å². The lowest BCUT2D eigenvalue weighted by atomic mass is 10.1. The van der Waals surface area contributed by atoms with Crippen molar-refractivity contribution in [1.29, 1.82) is 0 Å². The molecule has 48 heavy (non-hydrogen) atoms. The van der Waals surface area contributed by atoms with Crippen LogP contribution in [-0.4, -0.2) is 36.8 Å². The number of nitrogens with zero attached hydrogens (tertiary/aromatic N) is 3. The summed E-state index contributed by atoms with van der Waals surface area (Å²) in [7, 11) is 0. The fraction of sp³-hybridized carbons (Fsp3) is 0.543. The lowest BCUT2D eigenvalue weighted by molar-refractivity contribution is 0.610. The van der Waals surface area contributed by atoms with Gasteiger partial charge in [0, 0.05) is 6.54 Å². The Hall–Kier alpha value is -0.830. The van der Waals surface area contributed by atoms with E-state index in [1.807, 2.05) is 76.4 Å². The first-order valence-electron chi connectivity index (χ1n) is 17.1. The highest BCUT2D eigenvalue weighted by atomic mass is 32.3. The first kappa shape index (κ1) is 38.4. The van der Waals surface area contributed by atoms with Crippen LogP contribution in [0.4, 0.5) is 0 Å². The van der Waals surface area contributed by atoms with E-state index in [9.17, 15) is 9.59 Å². The number of aromatic amines is 1. The van der Waals surface area contributed by atoms with Crippen molar-refractivity contribution in [3.8, 4) is 11.5 Å². The third kappa shape index (κ3) is 10.6. The quantitative estimate of drug-likeness (QED) is 0.0933. The Morgan fingerprint density at radius 3 is 2.02 bits per heavy atom. The summed E-state index contributed by atoms with van der Waals surface area (Å²) >= 11 is 14.0. The Balaban J connectivity index is 1.11. The van der Waals surface area contributed by atoms with Crippen LogP contribution >= 0.6 is 82.3 Å². The fourth-order valence-electron chi connectivity index (χ4n) is 5.31. The minimum Gasteiger partial charge on any atom is -0.322 e. The van der Waals surface area contributed by atoms with Crippen LogP contribution in [0.15, 0.2) is 48.3 Å². The van der Waals surface area contributed by atoms with Crippen LogP contribution in [-0.2, 0) is 6.54 Å². The lowest BCUT2D eigenvalue weighted by Gasteiger charge is -2.17. The van der Waals surface area contributed by atoms with E-state index < -0.39 is 11.2 Å². The van der Waals surface area contributed by atoms with Gasteiger partial charge in [-0.2, -0.15) is 4.98 Å². The summed E-state index contributed by atoms with van der Waals surface area (Å²) in [5.74, 6) is 3.89. The van der Waals surface area contributed by atoms with Crippen molar-refractivity contribution in [2.24, 2.45) is 0 Å². The third-order valence-corrected chi connectivity index (χ3v) is 18.1. The molecule has 4 aliphatic heterocycles. The molecule has 0 atom stereocenters. The molecular formula is C35H46N4O2S7. The minimum atomic E-state index is -0.628. The number of hydrogen-bond donors (Lipinski definition) is 1. The molecule has 5 rings (SSSR count). The second-order valence-corrected chi connectivity index (χ2v) is 20.6. The van der Waals surface area contributed by atoms with Crippen molar-refractivity contribution < 1.29 is 0 Å². The summed E-state index contributed by atoms with van der Waals surface area (Å²) in [6.45, 7) is 9.36. The zero-order valence-corrected chi connectivity index (χ0v) is 34.1. The molecule has 0 saturated carbocycles. The Kier molecular flexibility index (Phi) is 15.8. The minimum absolute atomic E-state index is 0.220. The fourth-order valence-corrected chi connectivity index (χ4v) is 15.4. The van der Waals surface area contributed by atoms with Crippen LogP contribution in [0.1, 0.15) is 95.6 Å². The van der Waals surface area contributed by atoms with Gasteiger partial charge in [0.2, 0.25) is 0 Å². The Labute approximate surface area is 314 Å². The van der Waals surface area contributed by atoms with Gasteiger partial charge in [-0.05, 0) is 85.5 Å². The molecule has 0 bridgehead atoms. The summed E-state index contributed by atoms with van der Waals surface area (Å²) in [5, 5.41) is 2.34. The molecule has 0 aromatic heterocycles. The molecule has 4 heterocycles. The number of thioether (sulfide) groups is 7. The average Bonchev–Trinajstić information content (AvgIpc) is 3.70. The van der Waals surface area contributed by atoms with Crippen molar-refractivity contribution >= 4 is 93.4 Å². The summed E-state index contributed by atoms with van der Waals surface area (Å²) in [5.41, 5.74) is 3.05. The molecule has 0 fully saturated rings. The highest BCUT2D eigenvalue weighted by Gasteiger charge is 2.27. The van der Waals surface area contributed by atoms with Gasteiger partial charge in [0.1, 0.15) is 0 Å². The van der Waals surface area contributed by atoms with Crippen molar-refractivity contribution in [3.63, 3.8) is 0 Å². The molecule has 6 nitrogen and oxygen atoms in total. The van der Waals surface area contributed by atoms with Crippen LogP contribution in [0.3, 0.4) is 0 Å². The van der Waals surface area contributed by atoms with Crippen molar-refractivity contribution in [2.45, 2.75) is 105 Å². The maximum Gasteiger partial charge on any atom is 0.349 e. The van der Waals surface area contributed by atoms with Crippen molar-refractivity contribution in [3.05, 3.63) is 70.7 Å². The molecular weight excluding hydrogens is 733 g/mol. The van der Waals surface area contributed by atoms with Gasteiger partial charge in [-0.25, -0.2) is 9.78 Å². The molecule has 260 valence electrons. The molecule has 1 N–H and O–H groups in total. The van der Waals surface area contributed by atoms with Gasteiger partial charge in [-0.15, -0.1) is 35.3 Å². The van der Waals surface area contributed by atoms with Gasteiger partial charge < -0.3 is 4.57 Å². The van der Waals surface area contributed by atoms with Crippen molar-refractivity contribution in [2.75, 3.05) is 17.3 Å². The van der Waals surface area contributed by atoms with Crippen LogP contribution in [0, 0.1) is 13.8 Å². The zero-order chi connectivity index (χ0) is 33.9. The molecule has 0 aliphatic carbocycles. The lowest BCUT2D eigenvalue weighted by Crippen LogP contribution is -2.29. The number of H-pyrrole nitrogens is 1. The largest absolute Gasteiger partial charge is 0.349 e. The highest BCUT2D eigenvalue weighted by molar-refractivity contribution is 8.43. The maximum absolute atomic E-state index is 12.6. The van der Waals surface area contributed by atoms with E-state index in [1.54, 1.807) is 0 Å². The number of benzene rings is 1. The number of unbranched alkanes of at least 4 members (excludes halogenated alkanes) is 8. The predicted molar refractivity (Wildman–Crippen MR) is 223 cm³/mol. The van der Waals surface area contributed by atoms with E-state index in [0.29, 0.717) is 12.4 Å². The standard InChI is InChI=1S/C35H46N4O2S7/c1-5-7-9-13-18-43-31-32(44-19-14-10-8-6-2)48-34(47-31)33-45-22-27(46-33)42-17-15-11-12-16-39-26-21-24(4)23(3)20-25(26)36-28-29(39)37-35(41)38-30(28)40/h20-22H,5-19H2,1-4H3,(H,38,40,41). The van der Waals surface area contributed by atoms with Gasteiger partial charge in [-0.1, -0.05) is 106 Å². The van der Waals surface area contributed by atoms with E-state index in [0.717, 1.165) is 47.2 Å². The van der Waals surface area contributed by atoms with Crippen LogP contribution in [0.5, 0.6) is 0 Å². The molecule has 0 saturated heterocycles. The third-order valence-electron chi connectivity index (χ3n) is 8.12. The molecule has 13 heteroatoms. The summed E-state index contributed by atoms with van der Waals surface area (Å²) in [6.07, 6.45) is 13.7. The first-order chi connectivity index (χ1) is 23.4. The van der Waals surface area contributed by atoms with Crippen LogP contribution in [0.2, 0.25) is 0 Å². The van der Waals surface area contributed by atoms with Crippen LogP contribution < -0.4 is 11.2 Å². The predicted octanol–water partition coefficient (Wildman–Crippen LogP) is 11.7. The van der Waals surface area contributed by atoms with Gasteiger partial charge >= 0.3 is 5.69 Å². The first-order valence-corrected chi connectivity index (χ1v) is 23.4. The topological polar surface area (TPSA) is 80.6 Å². The number of aromatic nitrogens is 4. The number of rotatable bonds is 19. The van der Waals surface area contributed by atoms with E-state index in [1.165, 1.54) is 84.1 Å². The number of fused-ring (bicyclic) bond motifs is 2. The van der Waals surface area contributed by atoms with E-state index in [4.69, 9.17) is 0 Å². The van der Waals surface area contributed by atoms with Gasteiger partial charge in [-0.3, -0.25) is 9.78 Å². The Morgan fingerprint density at radius 2 is 1.35 bits per heavy atom. The zero-order valence-electron chi connectivity index (χ0n) is 28.4. The highest BCUT2D eigenvalue weighted by Crippen LogP contribution is 2.63.